The van der Waals surface area contributed by atoms with E-state index in [1.54, 1.807) is 20.3 Å². The first-order chi connectivity index (χ1) is 18.5. The number of nitrogens with zero attached hydrogens (tertiary/aromatic N) is 2. The molecule has 4 nitrogen and oxygen atoms in total. The van der Waals surface area contributed by atoms with E-state index in [4.69, 9.17) is 9.47 Å². The Balaban J connectivity index is 1.95. The van der Waals surface area contributed by atoms with E-state index in [1.807, 2.05) is 80.8 Å². The highest BCUT2D eigenvalue weighted by molar-refractivity contribution is 6.17. The van der Waals surface area contributed by atoms with Gasteiger partial charge < -0.3 is 14.4 Å². The number of hydrogen-bond acceptors (Lipinski definition) is 3. The highest BCUT2D eigenvalue weighted by Gasteiger charge is 2.29. The maximum atomic E-state index is 15.0. The van der Waals surface area contributed by atoms with Crippen LogP contribution in [0.25, 0.3) is 49.4 Å². The fourth-order valence-electron chi connectivity index (χ4n) is 5.42. The first kappa shape index (κ1) is 23.7. The van der Waals surface area contributed by atoms with E-state index < -0.39 is 0 Å². The molecule has 1 aromatic heterocycles. The van der Waals surface area contributed by atoms with E-state index in [1.165, 1.54) is 0 Å². The molecule has 0 bridgehead atoms. The van der Waals surface area contributed by atoms with Crippen LogP contribution in [0, 0.1) is 5.82 Å². The standard InChI is InChI=1S/C33H28FN2O2/c1-35(2)22-19-28-33(30(20-22)38-4)31(25-17-18-26(34)24-14-9-8-13-23(24)25)32-27(15-10-16-29(32)37-3)36(28)21-11-6-5-7-12-21/h5-20H,1-4H3/q+1. The number of fused-ring (bicyclic) bond motifs is 3. The second-order valence-corrected chi connectivity index (χ2v) is 9.48. The van der Waals surface area contributed by atoms with Crippen molar-refractivity contribution in [2.24, 2.45) is 0 Å². The van der Waals surface area contributed by atoms with Crippen molar-refractivity contribution in [2.75, 3.05) is 33.2 Å². The van der Waals surface area contributed by atoms with Crippen LogP contribution in [0.1, 0.15) is 0 Å². The molecule has 6 aromatic rings. The fraction of sp³-hybridized carbons (Fsp3) is 0.121. The molecule has 0 atom stereocenters. The van der Waals surface area contributed by atoms with Crippen LogP contribution >= 0.6 is 0 Å². The number of halogens is 1. The molecular weight excluding hydrogens is 475 g/mol. The van der Waals surface area contributed by atoms with Crippen LogP contribution in [0.15, 0.2) is 97.1 Å². The Bertz CT molecular complexity index is 1830. The van der Waals surface area contributed by atoms with Gasteiger partial charge in [-0.05, 0) is 23.1 Å². The van der Waals surface area contributed by atoms with Crippen LogP contribution in [0.4, 0.5) is 10.1 Å². The maximum absolute atomic E-state index is 15.0. The van der Waals surface area contributed by atoms with Crippen molar-refractivity contribution in [3.63, 3.8) is 0 Å². The highest BCUT2D eigenvalue weighted by Crippen LogP contribution is 2.46. The first-order valence-electron chi connectivity index (χ1n) is 12.5. The summed E-state index contributed by atoms with van der Waals surface area (Å²) in [6.45, 7) is 0. The number of rotatable bonds is 5. The molecule has 0 fully saturated rings. The van der Waals surface area contributed by atoms with Gasteiger partial charge in [-0.25, -0.2) is 4.39 Å². The van der Waals surface area contributed by atoms with Gasteiger partial charge in [0, 0.05) is 61.1 Å². The summed E-state index contributed by atoms with van der Waals surface area (Å²) in [5.41, 5.74) is 5.84. The van der Waals surface area contributed by atoms with Crippen molar-refractivity contribution >= 4 is 38.3 Å². The summed E-state index contributed by atoms with van der Waals surface area (Å²) in [6, 6.07) is 31.6. The molecule has 0 radical (unpaired) electrons. The Hall–Kier alpha value is -4.64. The number of anilines is 1. The molecule has 0 saturated carbocycles. The molecule has 38 heavy (non-hydrogen) atoms. The van der Waals surface area contributed by atoms with Crippen LogP contribution in [-0.4, -0.2) is 28.3 Å². The third-order valence-corrected chi connectivity index (χ3v) is 7.16. The summed E-state index contributed by atoms with van der Waals surface area (Å²) in [4.78, 5) is 2.07. The second kappa shape index (κ2) is 9.34. The topological polar surface area (TPSA) is 25.6 Å². The summed E-state index contributed by atoms with van der Waals surface area (Å²) in [5, 5.41) is 3.26. The smallest absolute Gasteiger partial charge is 0.225 e. The molecule has 0 aliphatic carbocycles. The van der Waals surface area contributed by atoms with Crippen LogP contribution in [-0.2, 0) is 0 Å². The van der Waals surface area contributed by atoms with Crippen molar-refractivity contribution in [3.05, 3.63) is 103 Å². The van der Waals surface area contributed by atoms with E-state index in [9.17, 15) is 4.39 Å². The number of aromatic nitrogens is 1. The zero-order valence-corrected chi connectivity index (χ0v) is 21.8. The van der Waals surface area contributed by atoms with Gasteiger partial charge in [-0.3, -0.25) is 0 Å². The predicted molar refractivity (Wildman–Crippen MR) is 153 cm³/mol. The van der Waals surface area contributed by atoms with Gasteiger partial charge in [0.15, 0.2) is 0 Å². The van der Waals surface area contributed by atoms with Crippen molar-refractivity contribution in [1.82, 2.24) is 0 Å². The lowest BCUT2D eigenvalue weighted by Crippen LogP contribution is -2.33. The van der Waals surface area contributed by atoms with Crippen molar-refractivity contribution < 1.29 is 18.4 Å². The summed E-state index contributed by atoms with van der Waals surface area (Å²) in [6.07, 6.45) is 0. The number of methoxy groups -OCH3 is 2. The van der Waals surface area contributed by atoms with Gasteiger partial charge in [-0.15, -0.1) is 0 Å². The van der Waals surface area contributed by atoms with E-state index in [2.05, 4.69) is 33.7 Å². The van der Waals surface area contributed by atoms with E-state index in [0.717, 1.165) is 61.2 Å². The molecule has 0 aliphatic rings. The van der Waals surface area contributed by atoms with Gasteiger partial charge in [0.1, 0.15) is 17.3 Å². The number of pyridine rings is 1. The lowest BCUT2D eigenvalue weighted by atomic mass is 9.90. The van der Waals surface area contributed by atoms with Gasteiger partial charge in [0.2, 0.25) is 16.7 Å². The molecule has 0 N–H and O–H groups in total. The maximum Gasteiger partial charge on any atom is 0.225 e. The molecule has 0 unspecified atom stereocenters. The van der Waals surface area contributed by atoms with Gasteiger partial charge >= 0.3 is 0 Å². The molecule has 0 amide bonds. The van der Waals surface area contributed by atoms with E-state index in [-0.39, 0.29) is 5.82 Å². The summed E-state index contributed by atoms with van der Waals surface area (Å²) in [7, 11) is 7.42. The minimum atomic E-state index is -0.248. The Morgan fingerprint density at radius 3 is 2.05 bits per heavy atom. The zero-order chi connectivity index (χ0) is 26.4. The predicted octanol–water partition coefficient (Wildman–Crippen LogP) is 7.31. The van der Waals surface area contributed by atoms with E-state index >= 15 is 0 Å². The minimum Gasteiger partial charge on any atom is -0.496 e. The number of para-hydroxylation sites is 1. The molecular formula is C33H28FN2O2+. The van der Waals surface area contributed by atoms with Crippen LogP contribution in [0.3, 0.4) is 0 Å². The van der Waals surface area contributed by atoms with E-state index in [0.29, 0.717) is 5.39 Å². The van der Waals surface area contributed by atoms with Crippen molar-refractivity contribution in [1.29, 1.82) is 0 Å². The average molecular weight is 504 g/mol. The average Bonchev–Trinajstić information content (AvgIpc) is 2.96. The zero-order valence-electron chi connectivity index (χ0n) is 21.8. The fourth-order valence-corrected chi connectivity index (χ4v) is 5.42. The highest BCUT2D eigenvalue weighted by atomic mass is 19.1. The molecule has 6 rings (SSSR count). The molecule has 5 heteroatoms. The number of hydrogen-bond donors (Lipinski definition) is 0. The molecule has 1 heterocycles. The van der Waals surface area contributed by atoms with Crippen LogP contribution in [0.2, 0.25) is 0 Å². The Morgan fingerprint density at radius 1 is 0.658 bits per heavy atom. The van der Waals surface area contributed by atoms with Crippen molar-refractivity contribution in [3.8, 4) is 28.3 Å². The van der Waals surface area contributed by atoms with Crippen LogP contribution < -0.4 is 18.9 Å². The lowest BCUT2D eigenvalue weighted by molar-refractivity contribution is -0.537. The molecule has 5 aromatic carbocycles. The van der Waals surface area contributed by atoms with Crippen LogP contribution in [0.5, 0.6) is 11.5 Å². The monoisotopic (exact) mass is 503 g/mol. The molecule has 0 spiro atoms. The minimum absolute atomic E-state index is 0.248. The quantitative estimate of drug-likeness (QED) is 0.182. The number of ether oxygens (including phenoxy) is 2. The normalized spacial score (nSPS) is 11.3. The Kier molecular flexibility index (Phi) is 5.84. The Morgan fingerprint density at radius 2 is 1.34 bits per heavy atom. The molecule has 0 aliphatic heterocycles. The third kappa shape index (κ3) is 3.62. The number of benzene rings is 5. The third-order valence-electron chi connectivity index (χ3n) is 7.16. The lowest BCUT2D eigenvalue weighted by Gasteiger charge is -2.20. The molecule has 0 saturated heterocycles. The van der Waals surface area contributed by atoms with Gasteiger partial charge in [-0.1, -0.05) is 54.6 Å². The summed E-state index contributed by atoms with van der Waals surface area (Å²) < 4.78 is 29.3. The SMILES string of the molecule is COc1cccc2c1c(-c1ccc(F)c3ccccc13)c1c(OC)cc(N(C)C)cc1[n+]2-c1ccccc1. The van der Waals surface area contributed by atoms with Gasteiger partial charge in [0.25, 0.3) is 0 Å². The second-order valence-electron chi connectivity index (χ2n) is 9.48. The summed E-state index contributed by atoms with van der Waals surface area (Å²) in [5.74, 6) is 1.21. The summed E-state index contributed by atoms with van der Waals surface area (Å²) >= 11 is 0. The largest absolute Gasteiger partial charge is 0.496 e. The van der Waals surface area contributed by atoms with Crippen molar-refractivity contribution in [2.45, 2.75) is 0 Å². The van der Waals surface area contributed by atoms with Gasteiger partial charge in [-0.2, -0.15) is 4.57 Å². The van der Waals surface area contributed by atoms with Gasteiger partial charge in [0.05, 0.1) is 25.0 Å². The molecule has 188 valence electrons. The Labute approximate surface area is 221 Å². The first-order valence-corrected chi connectivity index (χ1v) is 12.5.